The third-order valence-electron chi connectivity index (χ3n) is 2.98. The average Bonchev–Trinajstić information content (AvgIpc) is 2.85. The van der Waals surface area contributed by atoms with Crippen molar-refractivity contribution in [3.63, 3.8) is 0 Å². The number of nitrogens with one attached hydrogen (secondary N) is 1. The molecule has 3 N–H and O–H groups in total. The minimum absolute atomic E-state index is 0.335. The number of amides is 1. The van der Waals surface area contributed by atoms with Crippen LogP contribution in [0, 0.1) is 11.3 Å². The lowest BCUT2D eigenvalue weighted by atomic mass is 10.2. The Labute approximate surface area is 124 Å². The molecule has 0 fully saturated rings. The van der Waals surface area contributed by atoms with Crippen LogP contribution in [-0.4, -0.2) is 10.9 Å². The standard InChI is InChI=1S/C15H10N4OS/c16-8-9-4-1-2-5-10(9)19-15(20)14-12(17)13-11(21-14)6-3-7-18-13/h1-7H,17H2,(H,19,20). The number of thiophene rings is 1. The van der Waals surface area contributed by atoms with E-state index in [1.54, 1.807) is 36.5 Å². The van der Waals surface area contributed by atoms with Gasteiger partial charge < -0.3 is 11.1 Å². The largest absolute Gasteiger partial charge is 0.396 e. The topological polar surface area (TPSA) is 91.8 Å². The van der Waals surface area contributed by atoms with Crippen molar-refractivity contribution in [2.75, 3.05) is 11.1 Å². The van der Waals surface area contributed by atoms with Crippen LogP contribution in [0.15, 0.2) is 42.6 Å². The average molecular weight is 294 g/mol. The second-order valence-electron chi connectivity index (χ2n) is 4.31. The maximum atomic E-state index is 12.4. The molecule has 3 aromatic rings. The van der Waals surface area contributed by atoms with E-state index in [0.29, 0.717) is 27.3 Å². The number of nitrogen functional groups attached to an aromatic ring is 1. The number of nitrogens with two attached hydrogens (primary N) is 1. The molecule has 2 heterocycles. The second kappa shape index (κ2) is 5.23. The predicted molar refractivity (Wildman–Crippen MR) is 83.1 cm³/mol. The van der Waals surface area contributed by atoms with Crippen LogP contribution in [0.2, 0.25) is 0 Å². The molecule has 0 aliphatic carbocycles. The summed E-state index contributed by atoms with van der Waals surface area (Å²) in [7, 11) is 0. The van der Waals surface area contributed by atoms with Gasteiger partial charge in [-0.25, -0.2) is 0 Å². The number of fused-ring (bicyclic) bond motifs is 1. The molecule has 1 aromatic carbocycles. The van der Waals surface area contributed by atoms with E-state index in [2.05, 4.69) is 10.3 Å². The van der Waals surface area contributed by atoms with Gasteiger partial charge in [-0.2, -0.15) is 5.26 Å². The van der Waals surface area contributed by atoms with Crippen molar-refractivity contribution in [2.24, 2.45) is 0 Å². The fraction of sp³-hybridized carbons (Fsp3) is 0. The molecule has 1 amide bonds. The maximum absolute atomic E-state index is 12.4. The highest BCUT2D eigenvalue weighted by molar-refractivity contribution is 7.21. The van der Waals surface area contributed by atoms with Crippen molar-refractivity contribution < 1.29 is 4.79 Å². The molecule has 21 heavy (non-hydrogen) atoms. The predicted octanol–water partition coefficient (Wildman–Crippen LogP) is 3.00. The molecule has 0 unspecified atom stereocenters. The second-order valence-corrected chi connectivity index (χ2v) is 5.36. The molecule has 6 heteroatoms. The van der Waals surface area contributed by atoms with Crippen molar-refractivity contribution >= 4 is 38.8 Å². The molecule has 0 atom stereocenters. The van der Waals surface area contributed by atoms with Gasteiger partial charge in [-0.05, 0) is 24.3 Å². The summed E-state index contributed by atoms with van der Waals surface area (Å²) in [5, 5.41) is 11.8. The number of nitrogens with zero attached hydrogens (tertiary/aromatic N) is 2. The van der Waals surface area contributed by atoms with Gasteiger partial charge >= 0.3 is 0 Å². The number of hydrogen-bond acceptors (Lipinski definition) is 5. The third-order valence-corrected chi connectivity index (χ3v) is 4.14. The van der Waals surface area contributed by atoms with Crippen LogP contribution in [0.3, 0.4) is 0 Å². The minimum Gasteiger partial charge on any atom is -0.396 e. The zero-order chi connectivity index (χ0) is 14.8. The van der Waals surface area contributed by atoms with Gasteiger partial charge in [0.15, 0.2) is 0 Å². The lowest BCUT2D eigenvalue weighted by Crippen LogP contribution is -2.12. The third kappa shape index (κ3) is 2.30. The zero-order valence-electron chi connectivity index (χ0n) is 10.8. The number of carbonyl (C=O) groups excluding carboxylic acids is 1. The van der Waals surface area contributed by atoms with E-state index < -0.39 is 0 Å². The van der Waals surface area contributed by atoms with Crippen LogP contribution >= 0.6 is 11.3 Å². The van der Waals surface area contributed by atoms with Crippen molar-refractivity contribution in [2.45, 2.75) is 0 Å². The molecule has 0 aliphatic heterocycles. The van der Waals surface area contributed by atoms with E-state index >= 15 is 0 Å². The Hall–Kier alpha value is -2.91. The number of anilines is 2. The summed E-state index contributed by atoms with van der Waals surface area (Å²) in [4.78, 5) is 16.9. The Bertz CT molecular complexity index is 879. The highest BCUT2D eigenvalue weighted by Gasteiger charge is 2.17. The molecule has 5 nitrogen and oxygen atoms in total. The summed E-state index contributed by atoms with van der Waals surface area (Å²) in [6, 6.07) is 12.5. The van der Waals surface area contributed by atoms with Crippen LogP contribution in [0.4, 0.5) is 11.4 Å². The van der Waals surface area contributed by atoms with Gasteiger partial charge in [0.25, 0.3) is 5.91 Å². The molecule has 0 aliphatic rings. The fourth-order valence-corrected chi connectivity index (χ4v) is 2.96. The summed E-state index contributed by atoms with van der Waals surface area (Å²) >= 11 is 1.28. The quantitative estimate of drug-likeness (QED) is 0.760. The number of benzene rings is 1. The first-order chi connectivity index (χ1) is 10.2. The van der Waals surface area contributed by atoms with E-state index in [-0.39, 0.29) is 5.91 Å². The van der Waals surface area contributed by atoms with Crippen molar-refractivity contribution in [1.82, 2.24) is 4.98 Å². The lowest BCUT2D eigenvalue weighted by molar-refractivity contribution is 0.103. The number of pyridine rings is 1. The van der Waals surface area contributed by atoms with Crippen LogP contribution in [0.1, 0.15) is 15.2 Å². The smallest absolute Gasteiger partial charge is 0.267 e. The van der Waals surface area contributed by atoms with E-state index in [0.717, 1.165) is 4.70 Å². The summed E-state index contributed by atoms with van der Waals surface area (Å²) in [5.41, 5.74) is 7.85. The summed E-state index contributed by atoms with van der Waals surface area (Å²) in [6.45, 7) is 0. The normalized spacial score (nSPS) is 10.2. The first-order valence-corrected chi connectivity index (χ1v) is 6.96. The zero-order valence-corrected chi connectivity index (χ0v) is 11.6. The van der Waals surface area contributed by atoms with Crippen LogP contribution in [-0.2, 0) is 0 Å². The molecule has 3 rings (SSSR count). The van der Waals surface area contributed by atoms with Crippen molar-refractivity contribution in [3.8, 4) is 6.07 Å². The van der Waals surface area contributed by atoms with Gasteiger partial charge in [0.1, 0.15) is 16.5 Å². The number of rotatable bonds is 2. The van der Waals surface area contributed by atoms with E-state index in [9.17, 15) is 4.79 Å². The SMILES string of the molecule is N#Cc1ccccc1NC(=O)c1sc2cccnc2c1N. The first kappa shape index (κ1) is 13.1. The number of carbonyl (C=O) groups is 1. The molecule has 102 valence electrons. The van der Waals surface area contributed by atoms with Gasteiger partial charge in [-0.1, -0.05) is 12.1 Å². The Balaban J connectivity index is 1.98. The van der Waals surface area contributed by atoms with Gasteiger partial charge in [0.2, 0.25) is 0 Å². The number of aromatic nitrogens is 1. The number of para-hydroxylation sites is 1. The molecule has 0 bridgehead atoms. The monoisotopic (exact) mass is 294 g/mol. The highest BCUT2D eigenvalue weighted by Crippen LogP contribution is 2.32. The van der Waals surface area contributed by atoms with Gasteiger partial charge in [-0.3, -0.25) is 9.78 Å². The summed E-state index contributed by atoms with van der Waals surface area (Å²) in [6.07, 6.45) is 1.64. The molecular formula is C15H10N4OS. The van der Waals surface area contributed by atoms with Gasteiger partial charge in [-0.15, -0.1) is 11.3 Å². The van der Waals surface area contributed by atoms with Crippen molar-refractivity contribution in [1.29, 1.82) is 5.26 Å². The Kier molecular flexibility index (Phi) is 3.26. The molecule has 2 aromatic heterocycles. The fourth-order valence-electron chi connectivity index (χ4n) is 1.99. The molecule has 0 spiro atoms. The van der Waals surface area contributed by atoms with E-state index in [1.807, 2.05) is 12.1 Å². The Morgan fingerprint density at radius 1 is 1.29 bits per heavy atom. The van der Waals surface area contributed by atoms with Crippen molar-refractivity contribution in [3.05, 3.63) is 53.0 Å². The molecular weight excluding hydrogens is 284 g/mol. The number of hydrogen-bond donors (Lipinski definition) is 2. The number of nitriles is 1. The molecule has 0 radical (unpaired) electrons. The van der Waals surface area contributed by atoms with E-state index in [4.69, 9.17) is 11.0 Å². The van der Waals surface area contributed by atoms with Crippen LogP contribution in [0.5, 0.6) is 0 Å². The maximum Gasteiger partial charge on any atom is 0.267 e. The summed E-state index contributed by atoms with van der Waals surface area (Å²) < 4.78 is 0.855. The van der Waals surface area contributed by atoms with Crippen LogP contribution in [0.25, 0.3) is 10.2 Å². The van der Waals surface area contributed by atoms with Crippen LogP contribution < -0.4 is 11.1 Å². The van der Waals surface area contributed by atoms with Gasteiger partial charge in [0, 0.05) is 6.20 Å². The first-order valence-electron chi connectivity index (χ1n) is 6.14. The Morgan fingerprint density at radius 3 is 2.86 bits per heavy atom. The molecule has 0 saturated carbocycles. The van der Waals surface area contributed by atoms with Gasteiger partial charge in [0.05, 0.1) is 21.6 Å². The molecule has 0 saturated heterocycles. The Morgan fingerprint density at radius 2 is 2.10 bits per heavy atom. The minimum atomic E-state index is -0.335. The van der Waals surface area contributed by atoms with E-state index in [1.165, 1.54) is 11.3 Å². The lowest BCUT2D eigenvalue weighted by Gasteiger charge is -2.05. The summed E-state index contributed by atoms with van der Waals surface area (Å²) in [5.74, 6) is -0.335. The highest BCUT2D eigenvalue weighted by atomic mass is 32.1.